The molecule has 2 N–H and O–H groups in total. The Labute approximate surface area is 123 Å². The number of ether oxygens (including phenoxy) is 1. The lowest BCUT2D eigenvalue weighted by atomic mass is 10.2. The molecular weight excluding hydrogens is 272 g/mol. The highest BCUT2D eigenvalue weighted by Gasteiger charge is 2.32. The number of methoxy groups -OCH3 is 1. The highest BCUT2D eigenvalue weighted by Crippen LogP contribution is 2.29. The van der Waals surface area contributed by atoms with Gasteiger partial charge in [0.2, 0.25) is 0 Å². The second-order valence-corrected chi connectivity index (χ2v) is 4.82. The van der Waals surface area contributed by atoms with Crippen molar-refractivity contribution in [1.82, 2.24) is 4.90 Å². The summed E-state index contributed by atoms with van der Waals surface area (Å²) < 4.78 is 5.15. The van der Waals surface area contributed by atoms with E-state index in [1.54, 1.807) is 11.0 Å². The molecule has 6 heteroatoms. The van der Waals surface area contributed by atoms with Crippen molar-refractivity contribution in [3.63, 3.8) is 0 Å². The van der Waals surface area contributed by atoms with Crippen molar-refractivity contribution in [2.45, 2.75) is 18.9 Å². The summed E-state index contributed by atoms with van der Waals surface area (Å²) in [6.07, 6.45) is 3.63. The Morgan fingerprint density at radius 1 is 1.52 bits per heavy atom. The summed E-state index contributed by atoms with van der Waals surface area (Å²) in [7, 11) is 1.47. The van der Waals surface area contributed by atoms with Gasteiger partial charge in [0.25, 0.3) is 0 Å². The van der Waals surface area contributed by atoms with Gasteiger partial charge in [-0.1, -0.05) is 6.08 Å². The fourth-order valence-electron chi connectivity index (χ4n) is 2.05. The zero-order valence-electron chi connectivity index (χ0n) is 11.8. The minimum absolute atomic E-state index is 0.0905. The molecule has 1 aliphatic carbocycles. The molecule has 6 nitrogen and oxygen atoms in total. The number of nitrogens with zero attached hydrogens (tertiary/aromatic N) is 1. The van der Waals surface area contributed by atoms with Crippen molar-refractivity contribution < 1.29 is 19.4 Å². The molecule has 0 radical (unpaired) electrons. The molecule has 0 heterocycles. The highest BCUT2D eigenvalue weighted by molar-refractivity contribution is 5.95. The van der Waals surface area contributed by atoms with E-state index in [0.29, 0.717) is 18.0 Å². The molecule has 112 valence electrons. The molecule has 0 aromatic heterocycles. The Morgan fingerprint density at radius 2 is 2.24 bits per heavy atom. The van der Waals surface area contributed by atoms with Gasteiger partial charge < -0.3 is 20.1 Å². The Hall–Kier alpha value is -2.50. The maximum absolute atomic E-state index is 12.3. The van der Waals surface area contributed by atoms with Crippen LogP contribution >= 0.6 is 0 Å². The number of rotatable bonds is 6. The standard InChI is InChI=1S/C15H18N2O4/c1-3-8-17(11-5-6-11)15(20)16-12-9-10(14(18)19)4-7-13(12)21-2/h3-4,7,9,11H,1,5-6,8H2,2H3,(H,16,20)(H,18,19). The SMILES string of the molecule is C=CCN(C(=O)Nc1cc(C(=O)O)ccc1OC)C1CC1. The first-order chi connectivity index (χ1) is 10.1. The third-order valence-corrected chi connectivity index (χ3v) is 3.26. The summed E-state index contributed by atoms with van der Waals surface area (Å²) in [6, 6.07) is 4.29. The van der Waals surface area contributed by atoms with Crippen LogP contribution in [0.1, 0.15) is 23.2 Å². The van der Waals surface area contributed by atoms with Crippen molar-refractivity contribution in [3.05, 3.63) is 36.4 Å². The lowest BCUT2D eigenvalue weighted by Gasteiger charge is -2.22. The van der Waals surface area contributed by atoms with Gasteiger partial charge in [-0.05, 0) is 31.0 Å². The zero-order valence-corrected chi connectivity index (χ0v) is 11.8. The van der Waals surface area contributed by atoms with Crippen molar-refractivity contribution >= 4 is 17.7 Å². The maximum Gasteiger partial charge on any atom is 0.335 e. The lowest BCUT2D eigenvalue weighted by molar-refractivity contribution is 0.0697. The topological polar surface area (TPSA) is 78.9 Å². The average molecular weight is 290 g/mol. The summed E-state index contributed by atoms with van der Waals surface area (Å²) in [5.41, 5.74) is 0.435. The minimum Gasteiger partial charge on any atom is -0.495 e. The summed E-state index contributed by atoms with van der Waals surface area (Å²) in [5.74, 6) is -0.638. The second-order valence-electron chi connectivity index (χ2n) is 4.82. The second kappa shape index (κ2) is 6.30. The van der Waals surface area contributed by atoms with Crippen LogP contribution in [0.25, 0.3) is 0 Å². The fourth-order valence-corrected chi connectivity index (χ4v) is 2.05. The molecule has 1 fully saturated rings. The maximum atomic E-state index is 12.3. The van der Waals surface area contributed by atoms with E-state index in [4.69, 9.17) is 9.84 Å². The van der Waals surface area contributed by atoms with E-state index in [-0.39, 0.29) is 17.6 Å². The van der Waals surface area contributed by atoms with E-state index >= 15 is 0 Å². The molecule has 0 spiro atoms. The number of hydrogen-bond acceptors (Lipinski definition) is 3. The van der Waals surface area contributed by atoms with E-state index in [0.717, 1.165) is 12.8 Å². The minimum atomic E-state index is -1.06. The third kappa shape index (κ3) is 3.53. The third-order valence-electron chi connectivity index (χ3n) is 3.26. The first-order valence-electron chi connectivity index (χ1n) is 6.66. The summed E-state index contributed by atoms with van der Waals surface area (Å²) in [5, 5.41) is 11.7. The molecule has 0 atom stereocenters. The molecule has 2 amide bonds. The van der Waals surface area contributed by atoms with Crippen LogP contribution in [-0.4, -0.2) is 41.7 Å². The number of carboxylic acids is 1. The van der Waals surface area contributed by atoms with E-state index in [1.807, 2.05) is 0 Å². The Morgan fingerprint density at radius 3 is 2.76 bits per heavy atom. The van der Waals surface area contributed by atoms with Crippen LogP contribution in [0.4, 0.5) is 10.5 Å². The van der Waals surface area contributed by atoms with E-state index < -0.39 is 5.97 Å². The van der Waals surface area contributed by atoms with Crippen molar-refractivity contribution in [2.75, 3.05) is 19.0 Å². The number of benzene rings is 1. The highest BCUT2D eigenvalue weighted by atomic mass is 16.5. The number of nitrogens with one attached hydrogen (secondary N) is 1. The van der Waals surface area contributed by atoms with Gasteiger partial charge in [0.15, 0.2) is 0 Å². The van der Waals surface area contributed by atoms with Crippen LogP contribution in [-0.2, 0) is 0 Å². The van der Waals surface area contributed by atoms with Crippen LogP contribution in [0.5, 0.6) is 5.75 Å². The molecule has 1 aromatic rings. The molecular formula is C15H18N2O4. The van der Waals surface area contributed by atoms with E-state index in [2.05, 4.69) is 11.9 Å². The molecule has 0 unspecified atom stereocenters. The molecule has 21 heavy (non-hydrogen) atoms. The summed E-state index contributed by atoms with van der Waals surface area (Å²) >= 11 is 0. The molecule has 0 aliphatic heterocycles. The van der Waals surface area contributed by atoms with Crippen molar-refractivity contribution in [3.8, 4) is 5.75 Å². The molecule has 0 bridgehead atoms. The Bertz CT molecular complexity index is 567. The van der Waals surface area contributed by atoms with Gasteiger partial charge in [-0.15, -0.1) is 6.58 Å². The van der Waals surface area contributed by atoms with Gasteiger partial charge in [-0.2, -0.15) is 0 Å². The van der Waals surface area contributed by atoms with Crippen molar-refractivity contribution in [1.29, 1.82) is 0 Å². The molecule has 2 rings (SSSR count). The van der Waals surface area contributed by atoms with Gasteiger partial charge in [0, 0.05) is 12.6 Å². The first-order valence-corrected chi connectivity index (χ1v) is 6.66. The largest absolute Gasteiger partial charge is 0.495 e. The van der Waals surface area contributed by atoms with Gasteiger partial charge in [0.05, 0.1) is 18.4 Å². The van der Waals surface area contributed by atoms with Crippen LogP contribution in [0, 0.1) is 0 Å². The van der Waals surface area contributed by atoms with Crippen LogP contribution in [0.2, 0.25) is 0 Å². The van der Waals surface area contributed by atoms with Gasteiger partial charge in [-0.3, -0.25) is 0 Å². The van der Waals surface area contributed by atoms with Gasteiger partial charge in [0.1, 0.15) is 5.75 Å². The molecule has 0 saturated heterocycles. The number of urea groups is 1. The summed E-state index contributed by atoms with van der Waals surface area (Å²) in [6.45, 7) is 4.10. The lowest BCUT2D eigenvalue weighted by Crippen LogP contribution is -2.36. The zero-order chi connectivity index (χ0) is 15.4. The predicted molar refractivity (Wildman–Crippen MR) is 78.9 cm³/mol. The fraction of sp³-hybridized carbons (Fsp3) is 0.333. The van der Waals surface area contributed by atoms with Crippen LogP contribution < -0.4 is 10.1 Å². The number of amides is 2. The average Bonchev–Trinajstić information content (AvgIpc) is 3.28. The Balaban J connectivity index is 2.20. The van der Waals surface area contributed by atoms with Gasteiger partial charge in [-0.25, -0.2) is 9.59 Å². The number of carbonyl (C=O) groups is 2. The molecule has 1 saturated carbocycles. The smallest absolute Gasteiger partial charge is 0.335 e. The number of carbonyl (C=O) groups excluding carboxylic acids is 1. The number of carboxylic acid groups (broad SMARTS) is 1. The number of hydrogen-bond donors (Lipinski definition) is 2. The normalized spacial score (nSPS) is 13.4. The first kappa shape index (κ1) is 14.9. The monoisotopic (exact) mass is 290 g/mol. The van der Waals surface area contributed by atoms with E-state index in [9.17, 15) is 9.59 Å². The van der Waals surface area contributed by atoms with Gasteiger partial charge >= 0.3 is 12.0 Å². The molecule has 1 aliphatic rings. The Kier molecular flexibility index (Phi) is 4.47. The summed E-state index contributed by atoms with van der Waals surface area (Å²) in [4.78, 5) is 25.0. The van der Waals surface area contributed by atoms with E-state index in [1.165, 1.54) is 25.3 Å². The quantitative estimate of drug-likeness (QED) is 0.789. The van der Waals surface area contributed by atoms with Crippen LogP contribution in [0.15, 0.2) is 30.9 Å². The predicted octanol–water partition coefficient (Wildman–Crippen LogP) is 2.58. The van der Waals surface area contributed by atoms with Crippen molar-refractivity contribution in [2.24, 2.45) is 0 Å². The van der Waals surface area contributed by atoms with Crippen LogP contribution in [0.3, 0.4) is 0 Å². The number of anilines is 1. The molecule has 1 aromatic carbocycles. The number of aromatic carboxylic acids is 1.